The highest BCUT2D eigenvalue weighted by Crippen LogP contribution is 2.37. The van der Waals surface area contributed by atoms with Crippen LogP contribution < -0.4 is 5.32 Å². The van der Waals surface area contributed by atoms with Crippen LogP contribution in [0, 0.1) is 18.8 Å². The van der Waals surface area contributed by atoms with Gasteiger partial charge in [0, 0.05) is 30.9 Å². The van der Waals surface area contributed by atoms with Crippen molar-refractivity contribution in [1.29, 1.82) is 0 Å². The van der Waals surface area contributed by atoms with Crippen LogP contribution in [-0.4, -0.2) is 52.8 Å². The van der Waals surface area contributed by atoms with E-state index in [0.717, 1.165) is 15.5 Å². The highest BCUT2D eigenvalue weighted by atomic mass is 32.1. The number of carbonyl (C=O) groups is 2. The van der Waals surface area contributed by atoms with Crippen LogP contribution in [0.1, 0.15) is 10.6 Å². The minimum atomic E-state index is -4.64. The summed E-state index contributed by atoms with van der Waals surface area (Å²) in [6, 6.07) is -0.676. The van der Waals surface area contributed by atoms with Gasteiger partial charge in [-0.15, -0.1) is 11.3 Å². The van der Waals surface area contributed by atoms with Gasteiger partial charge in [0.25, 0.3) is 0 Å². The quantitative estimate of drug-likeness (QED) is 0.868. The summed E-state index contributed by atoms with van der Waals surface area (Å²) >= 11 is 1.44. The molecule has 1 aliphatic rings. The third-order valence-electron chi connectivity index (χ3n) is 3.82. The number of carbonyl (C=O) groups excluding carboxylic acids is 1. The molecule has 0 saturated carbocycles. The molecule has 0 unspecified atom stereocenters. The molecule has 2 heterocycles. The number of aryl methyl sites for hydroxylation is 1. The largest absolute Gasteiger partial charge is 0.481 e. The van der Waals surface area contributed by atoms with Gasteiger partial charge in [0.2, 0.25) is 0 Å². The predicted molar refractivity (Wildman–Crippen MR) is 76.2 cm³/mol. The number of halogens is 3. The van der Waals surface area contributed by atoms with Crippen LogP contribution in [-0.2, 0) is 11.2 Å². The van der Waals surface area contributed by atoms with Crippen molar-refractivity contribution >= 4 is 23.3 Å². The molecule has 6 nitrogen and oxygen atoms in total. The Labute approximate surface area is 134 Å². The van der Waals surface area contributed by atoms with Gasteiger partial charge in [-0.1, -0.05) is 0 Å². The monoisotopic (exact) mass is 351 g/mol. The zero-order valence-corrected chi connectivity index (χ0v) is 13.1. The molecule has 1 aromatic heterocycles. The normalized spacial score (nSPS) is 21.5. The fraction of sp³-hybridized carbons (Fsp3) is 0.615. The van der Waals surface area contributed by atoms with E-state index in [1.807, 2.05) is 6.92 Å². The second-order valence-corrected chi connectivity index (χ2v) is 6.28. The van der Waals surface area contributed by atoms with Gasteiger partial charge < -0.3 is 15.3 Å². The molecular formula is C13H16F3N3O3S. The Bertz CT molecular complexity index is 591. The lowest BCUT2D eigenvalue weighted by Gasteiger charge is -2.18. The number of aromatic nitrogens is 1. The van der Waals surface area contributed by atoms with Gasteiger partial charge in [-0.25, -0.2) is 9.78 Å². The van der Waals surface area contributed by atoms with Crippen molar-refractivity contribution in [3.05, 3.63) is 16.1 Å². The summed E-state index contributed by atoms with van der Waals surface area (Å²) in [5, 5.41) is 11.4. The van der Waals surface area contributed by atoms with Crippen molar-refractivity contribution in [1.82, 2.24) is 15.2 Å². The van der Waals surface area contributed by atoms with Crippen molar-refractivity contribution in [2.24, 2.45) is 11.8 Å². The number of nitrogens with one attached hydrogen (secondary N) is 1. The zero-order valence-electron chi connectivity index (χ0n) is 12.3. The summed E-state index contributed by atoms with van der Waals surface area (Å²) < 4.78 is 38.6. The second-order valence-electron chi connectivity index (χ2n) is 5.34. The van der Waals surface area contributed by atoms with E-state index >= 15 is 0 Å². The molecule has 1 fully saturated rings. The minimum Gasteiger partial charge on any atom is -0.481 e. The Hall–Kier alpha value is -1.84. The van der Waals surface area contributed by atoms with Crippen LogP contribution in [0.4, 0.5) is 18.0 Å². The lowest BCUT2D eigenvalue weighted by molar-refractivity contribution is -0.187. The van der Waals surface area contributed by atoms with Gasteiger partial charge in [0.1, 0.15) is 0 Å². The molecule has 2 atom stereocenters. The fourth-order valence-electron chi connectivity index (χ4n) is 2.51. The first kappa shape index (κ1) is 17.5. The number of likely N-dealkylation sites (tertiary alicyclic amines) is 1. The number of alkyl halides is 3. The Morgan fingerprint density at radius 3 is 2.65 bits per heavy atom. The maximum absolute atomic E-state index is 12.9. The average Bonchev–Trinajstić information content (AvgIpc) is 3.05. The first-order chi connectivity index (χ1) is 10.7. The number of carboxylic acid groups (broad SMARTS) is 1. The third-order valence-corrected chi connectivity index (χ3v) is 4.81. The number of rotatable bonds is 4. The summed E-state index contributed by atoms with van der Waals surface area (Å²) in [5.41, 5.74) is 2.53. The Morgan fingerprint density at radius 1 is 1.48 bits per heavy atom. The molecule has 0 spiro atoms. The lowest BCUT2D eigenvalue weighted by atomic mass is 9.96. The van der Waals surface area contributed by atoms with Crippen LogP contribution in [0.5, 0.6) is 0 Å². The van der Waals surface area contributed by atoms with E-state index in [9.17, 15) is 22.8 Å². The maximum Gasteiger partial charge on any atom is 0.394 e. The van der Waals surface area contributed by atoms with Crippen molar-refractivity contribution < 1.29 is 27.9 Å². The summed E-state index contributed by atoms with van der Waals surface area (Å²) in [5.74, 6) is -5.19. The molecular weight excluding hydrogens is 335 g/mol. The Morgan fingerprint density at radius 2 is 2.17 bits per heavy atom. The Balaban J connectivity index is 1.90. The van der Waals surface area contributed by atoms with E-state index in [1.165, 1.54) is 11.3 Å². The highest BCUT2D eigenvalue weighted by molar-refractivity contribution is 7.09. The molecule has 0 aliphatic carbocycles. The van der Waals surface area contributed by atoms with E-state index in [1.54, 1.807) is 5.51 Å². The van der Waals surface area contributed by atoms with E-state index in [2.05, 4.69) is 10.3 Å². The van der Waals surface area contributed by atoms with Crippen LogP contribution in [0.15, 0.2) is 5.51 Å². The average molecular weight is 351 g/mol. The van der Waals surface area contributed by atoms with E-state index in [0.29, 0.717) is 6.42 Å². The molecule has 0 aromatic carbocycles. The first-order valence-corrected chi connectivity index (χ1v) is 7.79. The number of hydrogen-bond acceptors (Lipinski definition) is 4. The van der Waals surface area contributed by atoms with Crippen LogP contribution in [0.2, 0.25) is 0 Å². The molecule has 0 bridgehead atoms. The van der Waals surface area contributed by atoms with Gasteiger partial charge in [0.05, 0.1) is 23.0 Å². The van der Waals surface area contributed by atoms with Gasteiger partial charge in [0.15, 0.2) is 0 Å². The van der Waals surface area contributed by atoms with Gasteiger partial charge in [-0.2, -0.15) is 13.2 Å². The molecule has 2 amide bonds. The zero-order chi connectivity index (χ0) is 17.2. The van der Waals surface area contributed by atoms with Crippen molar-refractivity contribution in [3.8, 4) is 0 Å². The summed E-state index contributed by atoms with van der Waals surface area (Å²) in [6.07, 6.45) is -4.11. The molecule has 2 rings (SSSR count). The van der Waals surface area contributed by atoms with Crippen molar-refractivity contribution in [2.45, 2.75) is 19.5 Å². The molecule has 2 N–H and O–H groups in total. The Kier molecular flexibility index (Phi) is 5.12. The molecule has 128 valence electrons. The lowest BCUT2D eigenvalue weighted by Crippen LogP contribution is -2.40. The molecule has 1 saturated heterocycles. The van der Waals surface area contributed by atoms with Gasteiger partial charge >= 0.3 is 18.2 Å². The number of hydrogen-bond donors (Lipinski definition) is 2. The van der Waals surface area contributed by atoms with Gasteiger partial charge in [-0.05, 0) is 6.92 Å². The van der Waals surface area contributed by atoms with Crippen LogP contribution >= 0.6 is 11.3 Å². The first-order valence-electron chi connectivity index (χ1n) is 6.91. The standard InChI is InChI=1S/C13H16F3N3O3S/c1-7-10(23-6-18-7)2-3-17-12(22)19-4-8(11(20)21)9(5-19)13(14,15)16/h6,8-9H,2-5H2,1H3,(H,17,22)(H,20,21)/t8-,9-/m1/s1. The van der Waals surface area contributed by atoms with E-state index in [4.69, 9.17) is 5.11 Å². The van der Waals surface area contributed by atoms with Gasteiger partial charge in [-0.3, -0.25) is 4.79 Å². The minimum absolute atomic E-state index is 0.257. The van der Waals surface area contributed by atoms with Crippen LogP contribution in [0.25, 0.3) is 0 Å². The molecule has 1 aromatic rings. The molecule has 1 aliphatic heterocycles. The summed E-state index contributed by atoms with van der Waals surface area (Å²) in [6.45, 7) is 1.02. The number of amides is 2. The summed E-state index contributed by atoms with van der Waals surface area (Å²) in [7, 11) is 0. The number of aliphatic carboxylic acids is 1. The topological polar surface area (TPSA) is 82.5 Å². The fourth-order valence-corrected chi connectivity index (χ4v) is 3.29. The third kappa shape index (κ3) is 4.12. The van der Waals surface area contributed by atoms with Crippen molar-refractivity contribution in [2.75, 3.05) is 19.6 Å². The number of urea groups is 1. The smallest absolute Gasteiger partial charge is 0.394 e. The molecule has 10 heteroatoms. The number of carboxylic acids is 1. The van der Waals surface area contributed by atoms with Crippen LogP contribution in [0.3, 0.4) is 0 Å². The molecule has 0 radical (unpaired) electrons. The highest BCUT2D eigenvalue weighted by Gasteiger charge is 2.53. The summed E-state index contributed by atoms with van der Waals surface area (Å²) in [4.78, 5) is 28.9. The maximum atomic E-state index is 12.9. The SMILES string of the molecule is Cc1ncsc1CCNC(=O)N1C[C@@H](C(F)(F)F)[C@H](C(=O)O)C1. The number of thiazole rings is 1. The predicted octanol–water partition coefficient (Wildman–Crippen LogP) is 1.90. The van der Waals surface area contributed by atoms with E-state index in [-0.39, 0.29) is 6.54 Å². The number of nitrogens with zero attached hydrogens (tertiary/aromatic N) is 2. The molecule has 23 heavy (non-hydrogen) atoms. The van der Waals surface area contributed by atoms with Crippen molar-refractivity contribution in [3.63, 3.8) is 0 Å². The second kappa shape index (κ2) is 6.73. The van der Waals surface area contributed by atoms with E-state index < -0.39 is 43.1 Å².